The maximum absolute atomic E-state index is 12.5. The Hall–Kier alpha value is -1.50. The number of benzene rings is 1. The van der Waals surface area contributed by atoms with Crippen molar-refractivity contribution in [2.24, 2.45) is 5.92 Å². The average Bonchev–Trinajstić information content (AvgIpc) is 3.15. The van der Waals surface area contributed by atoms with Gasteiger partial charge < -0.3 is 20.1 Å². The molecule has 8 heteroatoms. The minimum atomic E-state index is -2.80. The second kappa shape index (κ2) is 10.00. The molecule has 0 saturated carbocycles. The predicted molar refractivity (Wildman–Crippen MR) is 104 cm³/mol. The zero-order valence-corrected chi connectivity index (χ0v) is 16.5. The lowest BCUT2D eigenvalue weighted by Crippen LogP contribution is -2.45. The summed E-state index contributed by atoms with van der Waals surface area (Å²) in [5.41, 5.74) is 3.13. The molecule has 1 aromatic carbocycles. The minimum Gasteiger partial charge on any atom is -0.366 e. The van der Waals surface area contributed by atoms with Gasteiger partial charge in [-0.1, -0.05) is 24.3 Å². The van der Waals surface area contributed by atoms with Gasteiger partial charge in [-0.15, -0.1) is 0 Å². The maximum Gasteiger partial charge on any atom is 0.224 e. The highest BCUT2D eigenvalue weighted by molar-refractivity contribution is 7.38. The van der Waals surface area contributed by atoms with Crippen molar-refractivity contribution in [3.8, 4) is 11.1 Å². The van der Waals surface area contributed by atoms with Gasteiger partial charge in [-0.2, -0.15) is 11.3 Å². The van der Waals surface area contributed by atoms with Crippen molar-refractivity contribution < 1.29 is 24.1 Å². The summed E-state index contributed by atoms with van der Waals surface area (Å²) in [5, 5.41) is 16.3. The molecular formula is C18H24NO5PS. The largest absolute Gasteiger partial charge is 0.366 e. The molecule has 0 aliphatic carbocycles. The van der Waals surface area contributed by atoms with E-state index in [2.05, 4.69) is 10.7 Å². The monoisotopic (exact) mass is 397 g/mol. The van der Waals surface area contributed by atoms with Gasteiger partial charge in [-0.25, -0.2) is 0 Å². The van der Waals surface area contributed by atoms with Gasteiger partial charge in [0, 0.05) is 13.3 Å². The molecule has 3 N–H and O–H groups in total. The normalized spacial score (nSPS) is 15.8. The Balaban J connectivity index is 2.07. The molecule has 6 nitrogen and oxygen atoms in total. The molecule has 1 amide bonds. The van der Waals surface area contributed by atoms with Crippen LogP contribution in [0.5, 0.6) is 0 Å². The van der Waals surface area contributed by atoms with Gasteiger partial charge >= 0.3 is 0 Å². The molecule has 2 aromatic rings. The summed E-state index contributed by atoms with van der Waals surface area (Å²) >= 11 is 1.63. The number of carbonyl (C=O) groups is 1. The third kappa shape index (κ3) is 6.04. The van der Waals surface area contributed by atoms with Crippen LogP contribution in [0.3, 0.4) is 0 Å². The fourth-order valence-electron chi connectivity index (χ4n) is 2.63. The van der Waals surface area contributed by atoms with Crippen molar-refractivity contribution in [2.45, 2.75) is 25.7 Å². The van der Waals surface area contributed by atoms with Crippen LogP contribution < -0.4 is 5.32 Å². The Morgan fingerprint density at radius 3 is 2.50 bits per heavy atom. The number of rotatable bonds is 9. The van der Waals surface area contributed by atoms with E-state index in [1.165, 1.54) is 7.11 Å². The van der Waals surface area contributed by atoms with E-state index in [0.717, 1.165) is 16.7 Å². The van der Waals surface area contributed by atoms with Gasteiger partial charge in [-0.3, -0.25) is 9.36 Å². The summed E-state index contributed by atoms with van der Waals surface area (Å²) in [5.74, 6) is -1.02. The third-order valence-electron chi connectivity index (χ3n) is 4.12. The van der Waals surface area contributed by atoms with Crippen LogP contribution in [0.15, 0.2) is 41.1 Å². The molecule has 1 heterocycles. The Morgan fingerprint density at radius 1 is 1.27 bits per heavy atom. The van der Waals surface area contributed by atoms with Crippen LogP contribution in [0.2, 0.25) is 0 Å². The van der Waals surface area contributed by atoms with Crippen LogP contribution in [-0.2, 0) is 20.5 Å². The summed E-state index contributed by atoms with van der Waals surface area (Å²) in [6, 6.07) is 9.23. The van der Waals surface area contributed by atoms with Crippen LogP contribution in [0, 0.1) is 5.92 Å². The van der Waals surface area contributed by atoms with Crippen molar-refractivity contribution in [2.75, 3.05) is 13.3 Å². The summed E-state index contributed by atoms with van der Waals surface area (Å²) in [6.07, 6.45) is -0.878. The molecule has 0 aliphatic rings. The number of aliphatic hydroxyl groups is 1. The van der Waals surface area contributed by atoms with E-state index < -0.39 is 26.3 Å². The molecule has 0 aliphatic heterocycles. The van der Waals surface area contributed by atoms with E-state index >= 15 is 0 Å². The lowest BCUT2D eigenvalue weighted by Gasteiger charge is -2.22. The zero-order valence-electron chi connectivity index (χ0n) is 14.7. The van der Waals surface area contributed by atoms with Crippen LogP contribution in [-0.4, -0.2) is 41.5 Å². The third-order valence-corrected chi connectivity index (χ3v) is 5.65. The Kier molecular flexibility index (Phi) is 8.00. The van der Waals surface area contributed by atoms with E-state index in [0.29, 0.717) is 6.42 Å². The van der Waals surface area contributed by atoms with Crippen molar-refractivity contribution in [1.29, 1.82) is 0 Å². The highest BCUT2D eigenvalue weighted by atomic mass is 32.1. The first-order chi connectivity index (χ1) is 12.4. The van der Waals surface area contributed by atoms with Crippen LogP contribution in [0.1, 0.15) is 12.5 Å². The molecule has 0 bridgehead atoms. The smallest absolute Gasteiger partial charge is 0.224 e. The van der Waals surface area contributed by atoms with Crippen molar-refractivity contribution in [3.05, 3.63) is 46.7 Å². The van der Waals surface area contributed by atoms with E-state index in [9.17, 15) is 19.4 Å². The molecule has 142 valence electrons. The number of hydrogen-bond donors (Lipinski definition) is 3. The number of ether oxygens (including phenoxy) is 1. The number of aliphatic hydroxyl groups excluding tert-OH is 1. The van der Waals surface area contributed by atoms with Gasteiger partial charge in [0.25, 0.3) is 0 Å². The van der Waals surface area contributed by atoms with Crippen molar-refractivity contribution in [1.82, 2.24) is 5.32 Å². The second-order valence-electron chi connectivity index (χ2n) is 6.13. The van der Waals surface area contributed by atoms with Gasteiger partial charge in [0.05, 0.1) is 12.0 Å². The Morgan fingerprint density at radius 2 is 1.96 bits per heavy atom. The first-order valence-electron chi connectivity index (χ1n) is 8.25. The van der Waals surface area contributed by atoms with E-state index in [-0.39, 0.29) is 12.1 Å². The van der Waals surface area contributed by atoms with E-state index in [4.69, 9.17) is 4.74 Å². The van der Waals surface area contributed by atoms with Crippen LogP contribution in [0.4, 0.5) is 0 Å². The number of nitrogens with one attached hydrogen (secondary N) is 1. The number of carbonyl (C=O) groups excluding carboxylic acids is 1. The Bertz CT molecular complexity index is 720. The highest BCUT2D eigenvalue weighted by Crippen LogP contribution is 2.25. The summed E-state index contributed by atoms with van der Waals surface area (Å²) < 4.78 is 16.1. The maximum atomic E-state index is 12.5. The van der Waals surface area contributed by atoms with E-state index in [1.807, 2.05) is 35.7 Å². The van der Waals surface area contributed by atoms with Gasteiger partial charge in [-0.05, 0) is 46.9 Å². The molecule has 26 heavy (non-hydrogen) atoms. The molecule has 2 unspecified atom stereocenters. The van der Waals surface area contributed by atoms with E-state index in [1.54, 1.807) is 18.3 Å². The molecular weight excluding hydrogens is 373 g/mol. The molecule has 0 saturated heterocycles. The second-order valence-corrected chi connectivity index (χ2v) is 8.11. The lowest BCUT2D eigenvalue weighted by molar-refractivity contribution is -0.132. The molecule has 0 fully saturated rings. The number of methoxy groups -OCH3 is 1. The Labute approximate surface area is 157 Å². The minimum absolute atomic E-state index is 0.0986. The number of thiophene rings is 1. The van der Waals surface area contributed by atoms with Crippen molar-refractivity contribution in [3.63, 3.8) is 0 Å². The standard InChI is InChI=1S/C18H24NO5PS/c1-12(18(21)24-2)19-17(20)16(10-25(22)23)9-13-3-5-14(6-4-13)15-7-8-26-11-15/h3-8,11-12,16,18,21,25H,9-10H2,1-2H3,(H,19,20)(H,22,23)/t12?,16-,18+/m1/s1. The predicted octanol–water partition coefficient (Wildman–Crippen LogP) is 2.51. The first kappa shape index (κ1) is 20.8. The van der Waals surface area contributed by atoms with Gasteiger partial charge in [0.1, 0.15) is 0 Å². The van der Waals surface area contributed by atoms with Gasteiger partial charge in [0.2, 0.25) is 5.91 Å². The fraction of sp³-hybridized carbons (Fsp3) is 0.389. The molecule has 0 spiro atoms. The number of hydrogen-bond acceptors (Lipinski definition) is 5. The lowest BCUT2D eigenvalue weighted by atomic mass is 9.98. The van der Waals surface area contributed by atoms with Crippen LogP contribution >= 0.6 is 19.4 Å². The topological polar surface area (TPSA) is 95.9 Å². The fourth-order valence-corrected chi connectivity index (χ4v) is 4.05. The highest BCUT2D eigenvalue weighted by Gasteiger charge is 2.24. The first-order valence-corrected chi connectivity index (χ1v) is 10.8. The average molecular weight is 397 g/mol. The quantitative estimate of drug-likeness (QED) is 0.446. The summed E-state index contributed by atoms with van der Waals surface area (Å²) in [7, 11) is -1.46. The molecule has 4 atom stereocenters. The summed E-state index contributed by atoms with van der Waals surface area (Å²) in [4.78, 5) is 21.8. The molecule has 2 rings (SSSR count). The zero-order chi connectivity index (χ0) is 19.1. The van der Waals surface area contributed by atoms with Crippen LogP contribution in [0.25, 0.3) is 11.1 Å². The van der Waals surface area contributed by atoms with Crippen molar-refractivity contribution >= 4 is 25.3 Å². The van der Waals surface area contributed by atoms with Gasteiger partial charge in [0.15, 0.2) is 14.3 Å². The SMILES string of the molecule is CO[C@H](O)C(C)NC(=O)[C@H](Cc1ccc(-c2ccsc2)cc1)C[PH](=O)O. The summed E-state index contributed by atoms with van der Waals surface area (Å²) in [6.45, 7) is 1.61. The number of amides is 1. The molecule has 0 radical (unpaired) electrons. The molecule has 1 aromatic heterocycles.